The molecule has 0 saturated heterocycles. The standard InChI is InChI=1S/C28H31N3O4S/c1-4-5-6-7-13-26(32)21-15-17-22(18-16-21)28(33)29-19-20-30-36(34,35)27-14-9-10-23-24(27)11-8-12-25(23)31(2)3/h8-12,14-18,30H,4-6,19-20H2,1-3H3,(H,29,33). The molecule has 0 spiro atoms. The molecule has 0 saturated carbocycles. The van der Waals surface area contributed by atoms with Crippen LogP contribution in [0, 0.1) is 11.8 Å². The van der Waals surface area contributed by atoms with Crippen molar-refractivity contribution in [2.75, 3.05) is 32.1 Å². The van der Waals surface area contributed by atoms with Crippen molar-refractivity contribution in [1.29, 1.82) is 0 Å². The fraction of sp³-hybridized carbons (Fsp3) is 0.286. The van der Waals surface area contributed by atoms with Crippen LogP contribution < -0.4 is 14.9 Å². The highest BCUT2D eigenvalue weighted by atomic mass is 32.2. The van der Waals surface area contributed by atoms with Gasteiger partial charge in [0.1, 0.15) is 0 Å². The number of nitrogens with zero attached hydrogens (tertiary/aromatic N) is 1. The summed E-state index contributed by atoms with van der Waals surface area (Å²) in [6, 6.07) is 17.0. The molecule has 1 amide bonds. The van der Waals surface area contributed by atoms with Crippen molar-refractivity contribution >= 4 is 38.2 Å². The van der Waals surface area contributed by atoms with Crippen LogP contribution in [0.1, 0.15) is 46.9 Å². The minimum atomic E-state index is -3.79. The van der Waals surface area contributed by atoms with Crippen LogP contribution in [-0.2, 0) is 10.0 Å². The van der Waals surface area contributed by atoms with Crippen LogP contribution in [0.15, 0.2) is 65.6 Å². The maximum absolute atomic E-state index is 13.0. The number of nitrogens with one attached hydrogen (secondary N) is 2. The maximum Gasteiger partial charge on any atom is 0.251 e. The predicted molar refractivity (Wildman–Crippen MR) is 144 cm³/mol. The summed E-state index contributed by atoms with van der Waals surface area (Å²) in [6.07, 6.45) is 2.66. The Balaban J connectivity index is 1.58. The van der Waals surface area contributed by atoms with Crippen LogP contribution in [-0.4, -0.2) is 47.3 Å². The molecule has 3 rings (SSSR count). The van der Waals surface area contributed by atoms with Crippen molar-refractivity contribution < 1.29 is 18.0 Å². The van der Waals surface area contributed by atoms with E-state index in [2.05, 4.69) is 28.8 Å². The number of rotatable bonds is 10. The zero-order valence-corrected chi connectivity index (χ0v) is 21.6. The van der Waals surface area contributed by atoms with Crippen molar-refractivity contribution in [2.45, 2.75) is 31.1 Å². The number of hydrogen-bond acceptors (Lipinski definition) is 5. The summed E-state index contributed by atoms with van der Waals surface area (Å²) >= 11 is 0. The van der Waals surface area contributed by atoms with E-state index in [9.17, 15) is 18.0 Å². The second-order valence-corrected chi connectivity index (χ2v) is 10.2. The molecule has 8 heteroatoms. The third-order valence-corrected chi connectivity index (χ3v) is 7.12. The molecule has 188 valence electrons. The molecule has 2 N–H and O–H groups in total. The average molecular weight is 506 g/mol. The maximum atomic E-state index is 13.0. The lowest BCUT2D eigenvalue weighted by atomic mass is 10.1. The van der Waals surface area contributed by atoms with E-state index in [0.717, 1.165) is 23.9 Å². The van der Waals surface area contributed by atoms with E-state index in [1.165, 1.54) is 0 Å². The van der Waals surface area contributed by atoms with Gasteiger partial charge in [0.25, 0.3) is 5.91 Å². The number of fused-ring (bicyclic) bond motifs is 1. The van der Waals surface area contributed by atoms with Crippen LogP contribution >= 0.6 is 0 Å². The van der Waals surface area contributed by atoms with E-state index in [1.807, 2.05) is 37.2 Å². The van der Waals surface area contributed by atoms with Gasteiger partial charge in [-0.05, 0) is 48.7 Å². The molecule has 36 heavy (non-hydrogen) atoms. The molecular formula is C28H31N3O4S. The van der Waals surface area contributed by atoms with Crippen LogP contribution in [0.4, 0.5) is 5.69 Å². The normalized spacial score (nSPS) is 11.0. The number of sulfonamides is 1. The first-order valence-electron chi connectivity index (χ1n) is 11.8. The predicted octanol–water partition coefficient (Wildman–Crippen LogP) is 3.99. The van der Waals surface area contributed by atoms with Gasteiger partial charge in [-0.15, -0.1) is 0 Å². The summed E-state index contributed by atoms with van der Waals surface area (Å²) in [6.45, 7) is 2.20. The topological polar surface area (TPSA) is 95.6 Å². The SMILES string of the molecule is CCCCC#CC(=O)c1ccc(C(=O)NCCNS(=O)(=O)c2cccc3c(N(C)C)cccc23)cc1. The molecular weight excluding hydrogens is 474 g/mol. The summed E-state index contributed by atoms with van der Waals surface area (Å²) in [7, 11) is 0.0267. The molecule has 3 aromatic rings. The van der Waals surface area contributed by atoms with Crippen molar-refractivity contribution in [3.05, 3.63) is 71.8 Å². The Kier molecular flexibility index (Phi) is 9.23. The highest BCUT2D eigenvalue weighted by Gasteiger charge is 2.18. The molecule has 0 unspecified atom stereocenters. The van der Waals surface area contributed by atoms with E-state index in [-0.39, 0.29) is 29.7 Å². The Morgan fingerprint density at radius 3 is 2.25 bits per heavy atom. The summed E-state index contributed by atoms with van der Waals surface area (Å²) < 4.78 is 28.5. The van der Waals surface area contributed by atoms with Crippen LogP contribution in [0.2, 0.25) is 0 Å². The Bertz CT molecular complexity index is 1400. The number of Topliss-reactive ketones (excluding diaryl/α,β-unsaturated/α-hetero) is 1. The van der Waals surface area contributed by atoms with Gasteiger partial charge in [0.15, 0.2) is 0 Å². The van der Waals surface area contributed by atoms with Gasteiger partial charge < -0.3 is 10.2 Å². The van der Waals surface area contributed by atoms with Gasteiger partial charge in [0.2, 0.25) is 15.8 Å². The summed E-state index contributed by atoms with van der Waals surface area (Å²) in [5.74, 6) is 4.84. The second-order valence-electron chi connectivity index (χ2n) is 8.49. The van der Waals surface area contributed by atoms with Gasteiger partial charge in [-0.3, -0.25) is 9.59 Å². The van der Waals surface area contributed by atoms with E-state index >= 15 is 0 Å². The van der Waals surface area contributed by atoms with Crippen molar-refractivity contribution in [1.82, 2.24) is 10.0 Å². The lowest BCUT2D eigenvalue weighted by Gasteiger charge is -2.17. The Labute approximate surface area is 212 Å². The number of benzene rings is 3. The van der Waals surface area contributed by atoms with Gasteiger partial charge in [0, 0.05) is 61.2 Å². The van der Waals surface area contributed by atoms with Crippen molar-refractivity contribution in [3.63, 3.8) is 0 Å². The quantitative estimate of drug-likeness (QED) is 0.188. The van der Waals surface area contributed by atoms with Crippen LogP contribution in [0.3, 0.4) is 0 Å². The highest BCUT2D eigenvalue weighted by Crippen LogP contribution is 2.30. The van der Waals surface area contributed by atoms with Gasteiger partial charge in [0.05, 0.1) is 4.90 Å². The number of hydrogen-bond donors (Lipinski definition) is 2. The number of ketones is 1. The van der Waals surface area contributed by atoms with Gasteiger partial charge in [-0.25, -0.2) is 13.1 Å². The molecule has 0 aliphatic heterocycles. The van der Waals surface area contributed by atoms with Gasteiger partial charge >= 0.3 is 0 Å². The summed E-state index contributed by atoms with van der Waals surface area (Å²) in [4.78, 5) is 26.7. The highest BCUT2D eigenvalue weighted by molar-refractivity contribution is 7.89. The minimum absolute atomic E-state index is 0.0295. The number of unbranched alkanes of at least 4 members (excludes halogenated alkanes) is 2. The lowest BCUT2D eigenvalue weighted by molar-refractivity contribution is 0.0953. The fourth-order valence-corrected chi connectivity index (χ4v) is 4.93. The third-order valence-electron chi connectivity index (χ3n) is 5.60. The molecule has 0 radical (unpaired) electrons. The lowest BCUT2D eigenvalue weighted by Crippen LogP contribution is -2.34. The first-order valence-corrected chi connectivity index (χ1v) is 13.3. The zero-order valence-electron chi connectivity index (χ0n) is 20.8. The molecule has 7 nitrogen and oxygen atoms in total. The van der Waals surface area contributed by atoms with Crippen LogP contribution in [0.25, 0.3) is 10.8 Å². The Hall–Kier alpha value is -3.67. The average Bonchev–Trinajstić information content (AvgIpc) is 2.88. The van der Waals surface area contributed by atoms with Crippen molar-refractivity contribution in [3.8, 4) is 11.8 Å². The number of carbonyl (C=O) groups is 2. The van der Waals surface area contributed by atoms with E-state index in [0.29, 0.717) is 22.9 Å². The molecule has 0 aliphatic rings. The second kappa shape index (κ2) is 12.3. The summed E-state index contributed by atoms with van der Waals surface area (Å²) in [5.41, 5.74) is 1.72. The third kappa shape index (κ3) is 6.72. The molecule has 0 heterocycles. The molecule has 0 aliphatic carbocycles. The largest absolute Gasteiger partial charge is 0.377 e. The van der Waals surface area contributed by atoms with Crippen LogP contribution in [0.5, 0.6) is 0 Å². The smallest absolute Gasteiger partial charge is 0.251 e. The zero-order chi connectivity index (χ0) is 26.1. The Morgan fingerprint density at radius 2 is 1.56 bits per heavy atom. The minimum Gasteiger partial charge on any atom is -0.377 e. The van der Waals surface area contributed by atoms with E-state index in [1.54, 1.807) is 42.5 Å². The molecule has 3 aromatic carbocycles. The monoisotopic (exact) mass is 505 g/mol. The number of amides is 1. The number of anilines is 1. The number of carbonyl (C=O) groups excluding carboxylic acids is 2. The van der Waals surface area contributed by atoms with E-state index in [4.69, 9.17) is 0 Å². The van der Waals surface area contributed by atoms with Crippen molar-refractivity contribution in [2.24, 2.45) is 0 Å². The molecule has 0 fully saturated rings. The van der Waals surface area contributed by atoms with Gasteiger partial charge in [-0.1, -0.05) is 43.5 Å². The molecule has 0 bridgehead atoms. The fourth-order valence-electron chi connectivity index (χ4n) is 3.68. The summed E-state index contributed by atoms with van der Waals surface area (Å²) in [5, 5.41) is 4.17. The molecule has 0 atom stereocenters. The van der Waals surface area contributed by atoms with Gasteiger partial charge in [-0.2, -0.15) is 0 Å². The first kappa shape index (κ1) is 26.9. The van der Waals surface area contributed by atoms with E-state index < -0.39 is 10.0 Å². The Morgan fingerprint density at radius 1 is 0.889 bits per heavy atom. The first-order chi connectivity index (χ1) is 17.2. The molecule has 0 aromatic heterocycles.